The molecule has 0 aliphatic rings. The molecule has 0 bridgehead atoms. The maximum Gasteiger partial charge on any atom is 0.230 e. The highest BCUT2D eigenvalue weighted by Gasteiger charge is 2.10. The lowest BCUT2D eigenvalue weighted by atomic mass is 10.1. The number of aryl methyl sites for hydroxylation is 1. The van der Waals surface area contributed by atoms with Gasteiger partial charge in [-0.2, -0.15) is 0 Å². The van der Waals surface area contributed by atoms with Crippen LogP contribution >= 0.6 is 22.9 Å². The van der Waals surface area contributed by atoms with Crippen LogP contribution in [0.5, 0.6) is 0 Å². The molecule has 0 atom stereocenters. The van der Waals surface area contributed by atoms with Crippen LogP contribution in [-0.2, 0) is 17.6 Å². The lowest BCUT2D eigenvalue weighted by Crippen LogP contribution is -2.14. The van der Waals surface area contributed by atoms with E-state index in [0.29, 0.717) is 10.2 Å². The largest absolute Gasteiger partial charge is 0.300 e. The van der Waals surface area contributed by atoms with E-state index in [2.05, 4.69) is 34.6 Å². The molecule has 0 spiro atoms. The van der Waals surface area contributed by atoms with Gasteiger partial charge in [-0.1, -0.05) is 59.3 Å². The van der Waals surface area contributed by atoms with Crippen LogP contribution in [0.25, 0.3) is 0 Å². The van der Waals surface area contributed by atoms with Crippen molar-refractivity contribution >= 4 is 34.0 Å². The first kappa shape index (κ1) is 16.6. The SMILES string of the molecule is Cc1ccccc1Cc1nnc(NC(=O)Cc2ccc(Cl)cc2)s1. The standard InChI is InChI=1S/C18H16ClN3OS/c1-12-4-2-3-5-14(12)11-17-21-22-18(24-17)20-16(23)10-13-6-8-15(19)9-7-13/h2-9H,10-11H2,1H3,(H,20,22,23). The normalized spacial score (nSPS) is 10.6. The average molecular weight is 358 g/mol. The molecule has 1 amide bonds. The van der Waals surface area contributed by atoms with Gasteiger partial charge < -0.3 is 5.32 Å². The molecule has 1 aromatic heterocycles. The van der Waals surface area contributed by atoms with Gasteiger partial charge in [0.05, 0.1) is 6.42 Å². The van der Waals surface area contributed by atoms with E-state index in [9.17, 15) is 4.79 Å². The van der Waals surface area contributed by atoms with Gasteiger partial charge in [0, 0.05) is 11.4 Å². The van der Waals surface area contributed by atoms with E-state index < -0.39 is 0 Å². The van der Waals surface area contributed by atoms with E-state index in [-0.39, 0.29) is 12.3 Å². The van der Waals surface area contributed by atoms with Crippen molar-refractivity contribution in [2.45, 2.75) is 19.8 Å². The fourth-order valence-corrected chi connectivity index (χ4v) is 3.20. The zero-order chi connectivity index (χ0) is 16.9. The minimum atomic E-state index is -0.115. The van der Waals surface area contributed by atoms with Gasteiger partial charge in [0.2, 0.25) is 11.0 Å². The molecule has 0 fully saturated rings. The summed E-state index contributed by atoms with van der Waals surface area (Å²) in [5, 5.41) is 13.1. The fourth-order valence-electron chi connectivity index (χ4n) is 2.30. The highest BCUT2D eigenvalue weighted by molar-refractivity contribution is 7.15. The number of amides is 1. The van der Waals surface area contributed by atoms with Crippen molar-refractivity contribution in [1.29, 1.82) is 0 Å². The Morgan fingerprint density at radius 3 is 2.62 bits per heavy atom. The molecule has 0 unspecified atom stereocenters. The van der Waals surface area contributed by atoms with Crippen molar-refractivity contribution in [3.63, 3.8) is 0 Å². The number of rotatable bonds is 5. The zero-order valence-corrected chi connectivity index (χ0v) is 14.7. The van der Waals surface area contributed by atoms with Crippen LogP contribution in [0.15, 0.2) is 48.5 Å². The number of anilines is 1. The molecule has 6 heteroatoms. The van der Waals surface area contributed by atoms with Gasteiger partial charge in [-0.05, 0) is 35.7 Å². The van der Waals surface area contributed by atoms with E-state index in [1.165, 1.54) is 22.5 Å². The van der Waals surface area contributed by atoms with Gasteiger partial charge in [-0.3, -0.25) is 4.79 Å². The zero-order valence-electron chi connectivity index (χ0n) is 13.1. The first-order valence-electron chi connectivity index (χ1n) is 7.51. The summed E-state index contributed by atoms with van der Waals surface area (Å²) in [7, 11) is 0. The summed E-state index contributed by atoms with van der Waals surface area (Å²) in [4.78, 5) is 12.1. The highest BCUT2D eigenvalue weighted by Crippen LogP contribution is 2.20. The number of carbonyl (C=O) groups excluding carboxylic acids is 1. The Bertz CT molecular complexity index is 845. The Balaban J connectivity index is 1.60. The number of aromatic nitrogens is 2. The predicted molar refractivity (Wildman–Crippen MR) is 97.7 cm³/mol. The number of benzene rings is 2. The number of hydrogen-bond acceptors (Lipinski definition) is 4. The summed E-state index contributed by atoms with van der Waals surface area (Å²) < 4.78 is 0. The van der Waals surface area contributed by atoms with Gasteiger partial charge in [0.25, 0.3) is 0 Å². The molecule has 3 rings (SSSR count). The van der Waals surface area contributed by atoms with Crippen LogP contribution in [0.3, 0.4) is 0 Å². The quantitative estimate of drug-likeness (QED) is 0.741. The van der Waals surface area contributed by atoms with Gasteiger partial charge in [-0.15, -0.1) is 10.2 Å². The van der Waals surface area contributed by atoms with E-state index in [0.717, 1.165) is 17.0 Å². The number of nitrogens with zero attached hydrogens (tertiary/aromatic N) is 2. The fraction of sp³-hybridized carbons (Fsp3) is 0.167. The van der Waals surface area contributed by atoms with E-state index >= 15 is 0 Å². The molecule has 4 nitrogen and oxygen atoms in total. The van der Waals surface area contributed by atoms with Crippen LogP contribution < -0.4 is 5.32 Å². The van der Waals surface area contributed by atoms with Crippen molar-refractivity contribution in [3.8, 4) is 0 Å². The van der Waals surface area contributed by atoms with Crippen molar-refractivity contribution in [3.05, 3.63) is 75.3 Å². The first-order chi connectivity index (χ1) is 11.6. The van der Waals surface area contributed by atoms with Crippen LogP contribution in [0.4, 0.5) is 5.13 Å². The molecular weight excluding hydrogens is 342 g/mol. The van der Waals surface area contributed by atoms with Crippen LogP contribution in [0, 0.1) is 6.92 Å². The molecule has 0 saturated heterocycles. The molecule has 2 aromatic carbocycles. The maximum absolute atomic E-state index is 12.1. The van der Waals surface area contributed by atoms with Crippen molar-refractivity contribution in [1.82, 2.24) is 10.2 Å². The molecule has 3 aromatic rings. The molecular formula is C18H16ClN3OS. The third kappa shape index (κ3) is 4.40. The summed E-state index contributed by atoms with van der Waals surface area (Å²) >= 11 is 7.24. The minimum absolute atomic E-state index is 0.115. The molecule has 0 aliphatic heterocycles. The molecule has 1 heterocycles. The lowest BCUT2D eigenvalue weighted by Gasteiger charge is -2.02. The molecule has 0 aliphatic carbocycles. The smallest absolute Gasteiger partial charge is 0.230 e. The van der Waals surface area contributed by atoms with Crippen molar-refractivity contribution in [2.75, 3.05) is 5.32 Å². The summed E-state index contributed by atoms with van der Waals surface area (Å²) in [5.74, 6) is -0.115. The summed E-state index contributed by atoms with van der Waals surface area (Å²) in [6.45, 7) is 2.07. The second kappa shape index (κ2) is 7.55. The molecule has 0 saturated carbocycles. The van der Waals surface area contributed by atoms with Gasteiger partial charge in [0.1, 0.15) is 5.01 Å². The molecule has 24 heavy (non-hydrogen) atoms. The van der Waals surface area contributed by atoms with Crippen LogP contribution in [0.2, 0.25) is 5.02 Å². The van der Waals surface area contributed by atoms with Gasteiger partial charge >= 0.3 is 0 Å². The topological polar surface area (TPSA) is 54.9 Å². The Kier molecular flexibility index (Phi) is 5.23. The van der Waals surface area contributed by atoms with E-state index in [4.69, 9.17) is 11.6 Å². The number of nitrogens with one attached hydrogen (secondary N) is 1. The first-order valence-corrected chi connectivity index (χ1v) is 8.71. The third-order valence-electron chi connectivity index (χ3n) is 3.59. The van der Waals surface area contributed by atoms with E-state index in [1.54, 1.807) is 12.1 Å². The van der Waals surface area contributed by atoms with E-state index in [1.807, 2.05) is 24.3 Å². The maximum atomic E-state index is 12.1. The lowest BCUT2D eigenvalue weighted by molar-refractivity contribution is -0.115. The van der Waals surface area contributed by atoms with Gasteiger partial charge in [0.15, 0.2) is 0 Å². The molecule has 1 N–H and O–H groups in total. The Labute approximate surface area is 149 Å². The summed E-state index contributed by atoms with van der Waals surface area (Å²) in [6.07, 6.45) is 1.00. The van der Waals surface area contributed by atoms with Gasteiger partial charge in [-0.25, -0.2) is 0 Å². The van der Waals surface area contributed by atoms with Crippen molar-refractivity contribution < 1.29 is 4.79 Å². The average Bonchev–Trinajstić information content (AvgIpc) is 2.99. The Morgan fingerprint density at radius 1 is 1.12 bits per heavy atom. The number of carbonyl (C=O) groups is 1. The summed E-state index contributed by atoms with van der Waals surface area (Å²) in [5.41, 5.74) is 3.34. The Hall–Kier alpha value is -2.24. The number of hydrogen-bond donors (Lipinski definition) is 1. The summed E-state index contributed by atoms with van der Waals surface area (Å²) in [6, 6.07) is 15.4. The predicted octanol–water partition coefficient (Wildman–Crippen LogP) is 4.27. The number of halogens is 1. The minimum Gasteiger partial charge on any atom is -0.300 e. The van der Waals surface area contributed by atoms with Crippen LogP contribution in [-0.4, -0.2) is 16.1 Å². The van der Waals surface area contributed by atoms with Crippen molar-refractivity contribution in [2.24, 2.45) is 0 Å². The van der Waals surface area contributed by atoms with Crippen LogP contribution in [0.1, 0.15) is 21.7 Å². The Morgan fingerprint density at radius 2 is 1.88 bits per heavy atom. The molecule has 0 radical (unpaired) electrons. The third-order valence-corrected chi connectivity index (χ3v) is 4.68. The highest BCUT2D eigenvalue weighted by atomic mass is 35.5. The monoisotopic (exact) mass is 357 g/mol. The molecule has 122 valence electrons. The second-order valence-corrected chi connectivity index (χ2v) is 6.95. The second-order valence-electron chi connectivity index (χ2n) is 5.46.